The molecule has 15 heavy (non-hydrogen) atoms. The molecule has 0 spiro atoms. The predicted octanol–water partition coefficient (Wildman–Crippen LogP) is -1.07. The van der Waals surface area contributed by atoms with Crippen molar-refractivity contribution in [3.8, 4) is 0 Å². The number of likely N-dealkylation sites (tertiary alicyclic amines) is 1. The van der Waals surface area contributed by atoms with Crippen LogP contribution in [0.15, 0.2) is 0 Å². The second kappa shape index (κ2) is 3.81. The molecule has 5 nitrogen and oxygen atoms in total. The van der Waals surface area contributed by atoms with Crippen LogP contribution in [0.1, 0.15) is 13.3 Å². The molecule has 84 valence electrons. The number of carbonyl (C=O) groups excluding carboxylic acids is 2. The molecule has 2 atom stereocenters. The van der Waals surface area contributed by atoms with Crippen molar-refractivity contribution in [1.82, 2.24) is 10.2 Å². The third-order valence-corrected chi connectivity index (χ3v) is 3.54. The van der Waals surface area contributed by atoms with E-state index >= 15 is 0 Å². The van der Waals surface area contributed by atoms with Crippen LogP contribution in [0.4, 0.5) is 0 Å². The van der Waals surface area contributed by atoms with Gasteiger partial charge in [-0.3, -0.25) is 9.59 Å². The molecule has 3 N–H and O–H groups in total. The summed E-state index contributed by atoms with van der Waals surface area (Å²) in [7, 11) is 0. The number of hydrogen-bond acceptors (Lipinski definition) is 3. The molecule has 2 amide bonds. The fourth-order valence-electron chi connectivity index (χ4n) is 2.07. The van der Waals surface area contributed by atoms with Crippen LogP contribution in [-0.4, -0.2) is 42.4 Å². The van der Waals surface area contributed by atoms with Crippen molar-refractivity contribution >= 4 is 11.8 Å². The Labute approximate surface area is 89.0 Å². The molecule has 2 heterocycles. The maximum atomic E-state index is 12.0. The van der Waals surface area contributed by atoms with E-state index in [2.05, 4.69) is 5.32 Å². The van der Waals surface area contributed by atoms with Crippen LogP contribution < -0.4 is 11.1 Å². The lowest BCUT2D eigenvalue weighted by molar-refractivity contribution is -0.150. The first-order valence-electron chi connectivity index (χ1n) is 5.41. The van der Waals surface area contributed by atoms with E-state index in [1.165, 1.54) is 0 Å². The highest BCUT2D eigenvalue weighted by atomic mass is 16.2. The van der Waals surface area contributed by atoms with Gasteiger partial charge in [0.1, 0.15) is 6.04 Å². The van der Waals surface area contributed by atoms with E-state index in [-0.39, 0.29) is 23.8 Å². The SMILES string of the molecule is CC(C(=O)N1CCC1C(N)=O)C1CNC1. The smallest absolute Gasteiger partial charge is 0.240 e. The van der Waals surface area contributed by atoms with E-state index < -0.39 is 0 Å². The van der Waals surface area contributed by atoms with Gasteiger partial charge >= 0.3 is 0 Å². The van der Waals surface area contributed by atoms with Crippen molar-refractivity contribution in [2.24, 2.45) is 17.6 Å². The summed E-state index contributed by atoms with van der Waals surface area (Å²) in [4.78, 5) is 24.6. The molecule has 0 bridgehead atoms. The van der Waals surface area contributed by atoms with Crippen LogP contribution in [0.3, 0.4) is 0 Å². The summed E-state index contributed by atoms with van der Waals surface area (Å²) in [5.41, 5.74) is 5.20. The first kappa shape index (κ1) is 10.4. The minimum atomic E-state index is -0.381. The first-order valence-corrected chi connectivity index (χ1v) is 5.41. The summed E-state index contributed by atoms with van der Waals surface area (Å²) in [5, 5.41) is 3.14. The Balaban J connectivity index is 1.92. The zero-order valence-corrected chi connectivity index (χ0v) is 8.90. The number of carbonyl (C=O) groups is 2. The standard InChI is InChI=1S/C10H17N3O2/c1-6(7-4-12-5-7)10(15)13-3-2-8(13)9(11)14/h6-8,12H,2-5H2,1H3,(H2,11,14). The maximum absolute atomic E-state index is 12.0. The van der Waals surface area contributed by atoms with Crippen molar-refractivity contribution in [3.63, 3.8) is 0 Å². The molecule has 0 aliphatic carbocycles. The number of amides is 2. The van der Waals surface area contributed by atoms with Gasteiger partial charge in [-0.25, -0.2) is 0 Å². The molecule has 2 rings (SSSR count). The molecule has 2 aliphatic heterocycles. The highest BCUT2D eigenvalue weighted by molar-refractivity contribution is 5.89. The molecule has 0 aromatic heterocycles. The van der Waals surface area contributed by atoms with Crippen LogP contribution >= 0.6 is 0 Å². The molecular formula is C10H17N3O2. The number of nitrogens with zero attached hydrogens (tertiary/aromatic N) is 1. The molecule has 5 heteroatoms. The average Bonchev–Trinajstić information content (AvgIpc) is 1.96. The molecule has 2 unspecified atom stereocenters. The van der Waals surface area contributed by atoms with E-state index in [4.69, 9.17) is 5.73 Å². The highest BCUT2D eigenvalue weighted by Gasteiger charge is 2.40. The van der Waals surface area contributed by atoms with Gasteiger partial charge in [0, 0.05) is 12.5 Å². The van der Waals surface area contributed by atoms with Crippen molar-refractivity contribution in [2.45, 2.75) is 19.4 Å². The van der Waals surface area contributed by atoms with E-state index in [9.17, 15) is 9.59 Å². The van der Waals surface area contributed by atoms with Crippen LogP contribution in [0.2, 0.25) is 0 Å². The molecular weight excluding hydrogens is 194 g/mol. The van der Waals surface area contributed by atoms with Crippen molar-refractivity contribution in [3.05, 3.63) is 0 Å². The molecule has 0 aromatic rings. The van der Waals surface area contributed by atoms with E-state index in [1.807, 2.05) is 6.92 Å². The second-order valence-corrected chi connectivity index (χ2v) is 4.45. The maximum Gasteiger partial charge on any atom is 0.240 e. The number of nitrogens with one attached hydrogen (secondary N) is 1. The van der Waals surface area contributed by atoms with Gasteiger partial charge in [0.2, 0.25) is 11.8 Å². The lowest BCUT2D eigenvalue weighted by Crippen LogP contribution is -2.60. The van der Waals surface area contributed by atoms with Gasteiger partial charge < -0.3 is 16.0 Å². The Hall–Kier alpha value is -1.10. The van der Waals surface area contributed by atoms with E-state index in [0.717, 1.165) is 19.5 Å². The summed E-state index contributed by atoms with van der Waals surface area (Å²) in [6.07, 6.45) is 0.719. The minimum Gasteiger partial charge on any atom is -0.368 e. The number of nitrogens with two attached hydrogens (primary N) is 1. The van der Waals surface area contributed by atoms with Crippen LogP contribution in [0, 0.1) is 11.8 Å². The third kappa shape index (κ3) is 1.71. The molecule has 2 aliphatic rings. The molecule has 0 aromatic carbocycles. The van der Waals surface area contributed by atoms with Crippen LogP contribution in [0.25, 0.3) is 0 Å². The number of rotatable bonds is 3. The number of primary amides is 1. The third-order valence-electron chi connectivity index (χ3n) is 3.54. The van der Waals surface area contributed by atoms with Gasteiger partial charge in [0.25, 0.3) is 0 Å². The summed E-state index contributed by atoms with van der Waals surface area (Å²) < 4.78 is 0. The Morgan fingerprint density at radius 3 is 2.47 bits per heavy atom. The van der Waals surface area contributed by atoms with Gasteiger partial charge in [-0.1, -0.05) is 6.92 Å². The first-order chi connectivity index (χ1) is 7.11. The Morgan fingerprint density at radius 1 is 1.47 bits per heavy atom. The van der Waals surface area contributed by atoms with Gasteiger partial charge in [-0.2, -0.15) is 0 Å². The summed E-state index contributed by atoms with van der Waals surface area (Å²) in [6, 6.07) is -0.354. The lowest BCUT2D eigenvalue weighted by atomic mass is 9.86. The average molecular weight is 211 g/mol. The Kier molecular flexibility index (Phi) is 2.65. The van der Waals surface area contributed by atoms with Crippen molar-refractivity contribution in [1.29, 1.82) is 0 Å². The van der Waals surface area contributed by atoms with E-state index in [1.54, 1.807) is 4.90 Å². The van der Waals surface area contributed by atoms with Crippen LogP contribution in [-0.2, 0) is 9.59 Å². The Bertz CT molecular complexity index is 288. The molecule has 2 saturated heterocycles. The summed E-state index contributed by atoms with van der Waals surface area (Å²) >= 11 is 0. The van der Waals surface area contributed by atoms with Crippen molar-refractivity contribution < 1.29 is 9.59 Å². The fourth-order valence-corrected chi connectivity index (χ4v) is 2.07. The molecule has 2 fully saturated rings. The summed E-state index contributed by atoms with van der Waals surface area (Å²) in [6.45, 7) is 4.42. The Morgan fingerprint density at radius 2 is 2.13 bits per heavy atom. The van der Waals surface area contributed by atoms with E-state index in [0.29, 0.717) is 12.5 Å². The van der Waals surface area contributed by atoms with Gasteiger partial charge in [0.15, 0.2) is 0 Å². The topological polar surface area (TPSA) is 75.4 Å². The zero-order valence-electron chi connectivity index (χ0n) is 8.90. The highest BCUT2D eigenvalue weighted by Crippen LogP contribution is 2.24. The fraction of sp³-hybridized carbons (Fsp3) is 0.800. The lowest BCUT2D eigenvalue weighted by Gasteiger charge is -2.42. The molecule has 0 radical (unpaired) electrons. The normalized spacial score (nSPS) is 27.8. The van der Waals surface area contributed by atoms with Crippen LogP contribution in [0.5, 0.6) is 0 Å². The quantitative estimate of drug-likeness (QED) is 0.624. The largest absolute Gasteiger partial charge is 0.368 e. The predicted molar refractivity (Wildman–Crippen MR) is 54.8 cm³/mol. The monoisotopic (exact) mass is 211 g/mol. The number of hydrogen-bond donors (Lipinski definition) is 2. The summed E-state index contributed by atoms with van der Waals surface area (Å²) in [5.74, 6) is 0.130. The van der Waals surface area contributed by atoms with Gasteiger partial charge in [-0.15, -0.1) is 0 Å². The van der Waals surface area contributed by atoms with Gasteiger partial charge in [0.05, 0.1) is 0 Å². The second-order valence-electron chi connectivity index (χ2n) is 4.45. The molecule has 0 saturated carbocycles. The zero-order chi connectivity index (χ0) is 11.0. The van der Waals surface area contributed by atoms with Crippen molar-refractivity contribution in [2.75, 3.05) is 19.6 Å². The van der Waals surface area contributed by atoms with Gasteiger partial charge in [-0.05, 0) is 25.4 Å². The minimum absolute atomic E-state index is 0.00778.